The van der Waals surface area contributed by atoms with Gasteiger partial charge in [-0.2, -0.15) is 0 Å². The Morgan fingerprint density at radius 3 is 2.30 bits per heavy atom. The summed E-state index contributed by atoms with van der Waals surface area (Å²) in [6, 6.07) is 16.1. The van der Waals surface area contributed by atoms with Crippen LogP contribution in [0.2, 0.25) is 5.02 Å². The van der Waals surface area contributed by atoms with Gasteiger partial charge in [-0.05, 0) is 73.3 Å². The Morgan fingerprint density at radius 1 is 0.967 bits per heavy atom. The van der Waals surface area contributed by atoms with Crippen molar-refractivity contribution in [3.05, 3.63) is 59.1 Å². The van der Waals surface area contributed by atoms with Gasteiger partial charge in [-0.15, -0.1) is 0 Å². The third kappa shape index (κ3) is 3.27. The van der Waals surface area contributed by atoms with Gasteiger partial charge in [0.25, 0.3) is 0 Å². The number of carbonyl (C=O) groups excluding carboxylic acids is 1. The van der Waals surface area contributed by atoms with E-state index in [4.69, 9.17) is 17.0 Å². The molecule has 1 saturated heterocycles. The Kier molecular flexibility index (Phi) is 4.95. The molecule has 1 amide bonds. The SMILES string of the molecule is N=C1CC(c2cccc(-c3cccc(Cl)c3)c2)(C2CC2)C(=O)N1C1CCC(O)CC1. The van der Waals surface area contributed by atoms with E-state index in [0.29, 0.717) is 36.0 Å². The molecule has 30 heavy (non-hydrogen) atoms. The highest BCUT2D eigenvalue weighted by atomic mass is 35.5. The van der Waals surface area contributed by atoms with Crippen molar-refractivity contribution < 1.29 is 9.90 Å². The van der Waals surface area contributed by atoms with Crippen LogP contribution in [0, 0.1) is 11.3 Å². The number of nitrogens with one attached hydrogen (secondary N) is 1. The van der Waals surface area contributed by atoms with Crippen LogP contribution in [0.15, 0.2) is 48.5 Å². The van der Waals surface area contributed by atoms with E-state index in [0.717, 1.165) is 42.4 Å². The molecule has 2 aromatic carbocycles. The predicted molar refractivity (Wildman–Crippen MR) is 119 cm³/mol. The van der Waals surface area contributed by atoms with Crippen LogP contribution in [-0.4, -0.2) is 33.9 Å². The van der Waals surface area contributed by atoms with E-state index in [-0.39, 0.29) is 18.1 Å². The van der Waals surface area contributed by atoms with Gasteiger partial charge in [0.05, 0.1) is 11.5 Å². The minimum atomic E-state index is -0.623. The van der Waals surface area contributed by atoms with Crippen LogP contribution in [-0.2, 0) is 10.2 Å². The number of aliphatic hydroxyl groups excluding tert-OH is 1. The molecular formula is C25H27ClN2O2. The minimum absolute atomic E-state index is 0.0464. The fourth-order valence-corrected chi connectivity index (χ4v) is 5.66. The van der Waals surface area contributed by atoms with Crippen LogP contribution in [0.25, 0.3) is 11.1 Å². The fourth-order valence-electron chi connectivity index (χ4n) is 5.47. The van der Waals surface area contributed by atoms with Crippen LogP contribution in [0.5, 0.6) is 0 Å². The molecule has 2 saturated carbocycles. The first-order valence-electron chi connectivity index (χ1n) is 10.9. The Morgan fingerprint density at radius 2 is 1.63 bits per heavy atom. The lowest BCUT2D eigenvalue weighted by atomic mass is 9.73. The molecule has 3 fully saturated rings. The van der Waals surface area contributed by atoms with Gasteiger partial charge in [0.1, 0.15) is 5.84 Å². The van der Waals surface area contributed by atoms with Crippen molar-refractivity contribution in [1.82, 2.24) is 4.90 Å². The number of hydrogen-bond acceptors (Lipinski definition) is 3. The van der Waals surface area contributed by atoms with Crippen molar-refractivity contribution in [3.63, 3.8) is 0 Å². The number of amidine groups is 1. The Bertz CT molecular complexity index is 994. The topological polar surface area (TPSA) is 64.4 Å². The first kappa shape index (κ1) is 19.8. The van der Waals surface area contributed by atoms with Gasteiger partial charge in [0.2, 0.25) is 5.91 Å². The zero-order valence-corrected chi connectivity index (χ0v) is 17.7. The van der Waals surface area contributed by atoms with Gasteiger partial charge in [0, 0.05) is 17.5 Å². The normalized spacial score (nSPS) is 29.5. The van der Waals surface area contributed by atoms with Crippen LogP contribution in [0.3, 0.4) is 0 Å². The Balaban J connectivity index is 1.52. The van der Waals surface area contributed by atoms with Crippen molar-refractivity contribution in [1.29, 1.82) is 5.41 Å². The molecule has 5 heteroatoms. The number of rotatable bonds is 4. The number of benzene rings is 2. The molecule has 0 aromatic heterocycles. The molecule has 2 N–H and O–H groups in total. The van der Waals surface area contributed by atoms with Gasteiger partial charge in [-0.25, -0.2) is 0 Å². The largest absolute Gasteiger partial charge is 0.393 e. The van der Waals surface area contributed by atoms with Crippen molar-refractivity contribution >= 4 is 23.3 Å². The molecule has 1 aliphatic heterocycles. The van der Waals surface area contributed by atoms with E-state index in [1.807, 2.05) is 30.3 Å². The van der Waals surface area contributed by atoms with Gasteiger partial charge in [0.15, 0.2) is 0 Å². The number of aliphatic hydroxyl groups is 1. The molecule has 4 nitrogen and oxygen atoms in total. The number of hydrogen-bond donors (Lipinski definition) is 2. The van der Waals surface area contributed by atoms with Crippen LogP contribution in [0.1, 0.15) is 50.5 Å². The molecule has 3 aliphatic rings. The number of nitrogens with zero attached hydrogens (tertiary/aromatic N) is 1. The van der Waals surface area contributed by atoms with Gasteiger partial charge in [-0.1, -0.05) is 48.0 Å². The lowest BCUT2D eigenvalue weighted by Gasteiger charge is -2.35. The van der Waals surface area contributed by atoms with Crippen molar-refractivity contribution in [2.45, 2.75) is 62.5 Å². The molecule has 2 aliphatic carbocycles. The summed E-state index contributed by atoms with van der Waals surface area (Å²) in [4.78, 5) is 15.7. The van der Waals surface area contributed by atoms with E-state index < -0.39 is 5.41 Å². The third-order valence-corrected chi connectivity index (χ3v) is 7.41. The second-order valence-corrected chi connectivity index (χ2v) is 9.53. The predicted octanol–water partition coefficient (Wildman–Crippen LogP) is 5.17. The smallest absolute Gasteiger partial charge is 0.239 e. The highest BCUT2D eigenvalue weighted by molar-refractivity contribution is 6.30. The molecule has 156 valence electrons. The third-order valence-electron chi connectivity index (χ3n) is 7.18. The van der Waals surface area contributed by atoms with Gasteiger partial charge < -0.3 is 5.11 Å². The summed E-state index contributed by atoms with van der Waals surface area (Å²) in [5.41, 5.74) is 2.49. The van der Waals surface area contributed by atoms with Crippen LogP contribution in [0.4, 0.5) is 0 Å². The monoisotopic (exact) mass is 422 g/mol. The molecule has 0 radical (unpaired) electrons. The molecular weight excluding hydrogens is 396 g/mol. The van der Waals surface area contributed by atoms with Gasteiger partial charge >= 0.3 is 0 Å². The number of amides is 1. The molecule has 0 spiro atoms. The fraction of sp³-hybridized carbons (Fsp3) is 0.440. The summed E-state index contributed by atoms with van der Waals surface area (Å²) in [6.07, 6.45) is 5.27. The maximum absolute atomic E-state index is 13.9. The molecule has 2 aromatic rings. The first-order chi connectivity index (χ1) is 14.5. The lowest BCUT2D eigenvalue weighted by Crippen LogP contribution is -2.46. The highest BCUT2D eigenvalue weighted by Gasteiger charge is 2.59. The van der Waals surface area contributed by atoms with Gasteiger partial charge in [-0.3, -0.25) is 15.1 Å². The molecule has 1 unspecified atom stereocenters. The van der Waals surface area contributed by atoms with Crippen molar-refractivity contribution in [2.24, 2.45) is 5.92 Å². The van der Waals surface area contributed by atoms with E-state index >= 15 is 0 Å². The quantitative estimate of drug-likeness (QED) is 0.714. The summed E-state index contributed by atoms with van der Waals surface area (Å²) in [5, 5.41) is 19.3. The summed E-state index contributed by atoms with van der Waals surface area (Å²) in [6.45, 7) is 0. The second kappa shape index (κ2) is 7.51. The van der Waals surface area contributed by atoms with Crippen LogP contribution >= 0.6 is 11.6 Å². The average Bonchev–Trinajstić information content (AvgIpc) is 3.56. The Hall–Kier alpha value is -2.17. The number of carbonyl (C=O) groups is 1. The van der Waals surface area contributed by atoms with E-state index in [1.54, 1.807) is 4.90 Å². The van der Waals surface area contributed by atoms with E-state index in [9.17, 15) is 9.90 Å². The summed E-state index contributed by atoms with van der Waals surface area (Å²) < 4.78 is 0. The Labute approximate surface area is 182 Å². The summed E-state index contributed by atoms with van der Waals surface area (Å²) in [7, 11) is 0. The first-order valence-corrected chi connectivity index (χ1v) is 11.3. The maximum Gasteiger partial charge on any atom is 0.239 e. The molecule has 0 bridgehead atoms. The average molecular weight is 423 g/mol. The molecule has 5 rings (SSSR count). The maximum atomic E-state index is 13.9. The highest BCUT2D eigenvalue weighted by Crippen LogP contribution is 2.54. The zero-order chi connectivity index (χ0) is 20.9. The number of halogens is 1. The standard InChI is InChI=1S/C25H27ClN2O2/c26-20-6-2-4-17(14-20)16-3-1-5-19(13-16)25(18-7-8-18)15-23(27)28(24(25)30)21-9-11-22(29)12-10-21/h1-6,13-14,18,21-22,27,29H,7-12,15H2. The molecule has 1 heterocycles. The van der Waals surface area contributed by atoms with Crippen molar-refractivity contribution in [2.75, 3.05) is 0 Å². The molecule has 1 atom stereocenters. The van der Waals surface area contributed by atoms with E-state index in [1.165, 1.54) is 0 Å². The zero-order valence-electron chi connectivity index (χ0n) is 17.0. The van der Waals surface area contributed by atoms with E-state index in [2.05, 4.69) is 18.2 Å². The lowest BCUT2D eigenvalue weighted by molar-refractivity contribution is -0.134. The van der Waals surface area contributed by atoms with Crippen molar-refractivity contribution in [3.8, 4) is 11.1 Å². The summed E-state index contributed by atoms with van der Waals surface area (Å²) >= 11 is 6.20. The minimum Gasteiger partial charge on any atom is -0.393 e. The second-order valence-electron chi connectivity index (χ2n) is 9.10. The van der Waals surface area contributed by atoms with Crippen LogP contribution < -0.4 is 0 Å². The summed E-state index contributed by atoms with van der Waals surface area (Å²) in [5.74, 6) is 0.847. The number of likely N-dealkylation sites (tertiary alicyclic amines) is 1.